The van der Waals surface area contributed by atoms with Crippen LogP contribution in [0.1, 0.15) is 17.3 Å². The lowest BCUT2D eigenvalue weighted by Crippen LogP contribution is -2.30. The van der Waals surface area contributed by atoms with E-state index in [-0.39, 0.29) is 17.4 Å². The molecule has 2 aromatic carbocycles. The summed E-state index contributed by atoms with van der Waals surface area (Å²) in [6.07, 6.45) is 0.890. The second kappa shape index (κ2) is 7.88. The summed E-state index contributed by atoms with van der Waals surface area (Å²) in [5.74, 6) is 0.0486. The van der Waals surface area contributed by atoms with Gasteiger partial charge in [-0.15, -0.1) is 11.8 Å². The fourth-order valence-corrected chi connectivity index (χ4v) is 2.92. The predicted molar refractivity (Wildman–Crippen MR) is 99.3 cm³/mol. The molecule has 0 spiro atoms. The smallest absolute Gasteiger partial charge is 0.340 e. The highest BCUT2D eigenvalue weighted by atomic mass is 35.5. The molecule has 2 aromatic rings. The molecule has 0 fully saturated rings. The lowest BCUT2D eigenvalue weighted by molar-refractivity contribution is -0.123. The van der Waals surface area contributed by atoms with Crippen LogP contribution in [0.2, 0.25) is 5.02 Å². The van der Waals surface area contributed by atoms with Crippen LogP contribution in [0.15, 0.2) is 41.3 Å². The Morgan fingerprint density at radius 2 is 1.96 bits per heavy atom. The number of hydrogen-bond donors (Lipinski definition) is 1. The van der Waals surface area contributed by atoms with Crippen molar-refractivity contribution in [3.05, 3.63) is 47.0 Å². The molecule has 1 atom stereocenters. The Morgan fingerprint density at radius 1 is 1.19 bits per heavy atom. The number of halogens is 1. The number of carbonyl (C=O) groups is 2. The standard InChI is InChI=1S/C18H16ClNO5S/c1-10(25-18(22)13-8-12(26-2)4-5-14(13)19)17(21)20-11-3-6-15-16(7-11)24-9-23-15/h3-8,10H,9H2,1-2H3,(H,20,21). The third kappa shape index (κ3) is 4.05. The second-order valence-corrected chi connectivity index (χ2v) is 6.74. The highest BCUT2D eigenvalue weighted by Gasteiger charge is 2.22. The van der Waals surface area contributed by atoms with Crippen molar-refractivity contribution in [2.45, 2.75) is 17.9 Å². The predicted octanol–water partition coefficient (Wildman–Crippen LogP) is 3.97. The molecule has 1 amide bonds. The van der Waals surface area contributed by atoms with Gasteiger partial charge in [-0.3, -0.25) is 4.79 Å². The van der Waals surface area contributed by atoms with Crippen molar-refractivity contribution in [3.63, 3.8) is 0 Å². The number of nitrogens with one attached hydrogen (secondary N) is 1. The van der Waals surface area contributed by atoms with Crippen molar-refractivity contribution in [1.82, 2.24) is 0 Å². The molecule has 136 valence electrons. The Bertz CT molecular complexity index is 857. The van der Waals surface area contributed by atoms with Gasteiger partial charge in [0.25, 0.3) is 5.91 Å². The quantitative estimate of drug-likeness (QED) is 0.612. The van der Waals surface area contributed by atoms with E-state index in [0.29, 0.717) is 17.2 Å². The highest BCUT2D eigenvalue weighted by Crippen LogP contribution is 2.34. The minimum Gasteiger partial charge on any atom is -0.454 e. The summed E-state index contributed by atoms with van der Waals surface area (Å²) in [7, 11) is 0. The molecule has 0 radical (unpaired) electrons. The van der Waals surface area contributed by atoms with Gasteiger partial charge in [0.15, 0.2) is 17.6 Å². The van der Waals surface area contributed by atoms with Crippen LogP contribution >= 0.6 is 23.4 Å². The molecule has 0 aromatic heterocycles. The van der Waals surface area contributed by atoms with E-state index in [1.807, 2.05) is 6.26 Å². The number of thioether (sulfide) groups is 1. The van der Waals surface area contributed by atoms with E-state index in [9.17, 15) is 9.59 Å². The average Bonchev–Trinajstić information content (AvgIpc) is 3.09. The van der Waals surface area contributed by atoms with Crippen molar-refractivity contribution in [3.8, 4) is 11.5 Å². The van der Waals surface area contributed by atoms with E-state index in [4.69, 9.17) is 25.8 Å². The summed E-state index contributed by atoms with van der Waals surface area (Å²) in [5, 5.41) is 2.95. The van der Waals surface area contributed by atoms with Gasteiger partial charge >= 0.3 is 5.97 Å². The van der Waals surface area contributed by atoms with Crippen LogP contribution in [0, 0.1) is 0 Å². The third-order valence-electron chi connectivity index (χ3n) is 3.69. The maximum Gasteiger partial charge on any atom is 0.340 e. The summed E-state index contributed by atoms with van der Waals surface area (Å²) in [6.45, 7) is 1.64. The Kier molecular flexibility index (Phi) is 5.58. The zero-order valence-corrected chi connectivity index (χ0v) is 15.6. The molecule has 0 aliphatic carbocycles. The number of ether oxygens (including phenoxy) is 3. The Hall–Kier alpha value is -2.38. The summed E-state index contributed by atoms with van der Waals surface area (Å²) in [4.78, 5) is 25.5. The van der Waals surface area contributed by atoms with Gasteiger partial charge in [0, 0.05) is 16.6 Å². The van der Waals surface area contributed by atoms with Crippen LogP contribution in [-0.2, 0) is 9.53 Å². The maximum absolute atomic E-state index is 12.3. The first-order chi connectivity index (χ1) is 12.5. The van der Waals surface area contributed by atoms with Gasteiger partial charge in [-0.2, -0.15) is 0 Å². The van der Waals surface area contributed by atoms with Crippen molar-refractivity contribution < 1.29 is 23.8 Å². The van der Waals surface area contributed by atoms with Crippen LogP contribution in [0.3, 0.4) is 0 Å². The van der Waals surface area contributed by atoms with Gasteiger partial charge in [0.1, 0.15) is 0 Å². The van der Waals surface area contributed by atoms with Crippen molar-refractivity contribution in [2.24, 2.45) is 0 Å². The van der Waals surface area contributed by atoms with Crippen LogP contribution in [0.5, 0.6) is 11.5 Å². The first-order valence-electron chi connectivity index (χ1n) is 7.73. The maximum atomic E-state index is 12.3. The largest absolute Gasteiger partial charge is 0.454 e. The van der Waals surface area contributed by atoms with E-state index < -0.39 is 18.0 Å². The summed E-state index contributed by atoms with van der Waals surface area (Å²) in [5.41, 5.74) is 0.741. The minimum absolute atomic E-state index is 0.149. The number of hydrogen-bond acceptors (Lipinski definition) is 6. The normalized spacial score (nSPS) is 13.2. The summed E-state index contributed by atoms with van der Waals surface area (Å²) >= 11 is 7.54. The average molecular weight is 394 g/mol. The number of benzene rings is 2. The molecular formula is C18H16ClNO5S. The first-order valence-corrected chi connectivity index (χ1v) is 9.33. The number of anilines is 1. The lowest BCUT2D eigenvalue weighted by atomic mass is 10.2. The molecule has 1 aliphatic heterocycles. The Balaban J connectivity index is 1.64. The molecule has 0 saturated carbocycles. The number of esters is 1. The molecule has 8 heteroatoms. The van der Waals surface area contributed by atoms with Crippen molar-refractivity contribution >= 4 is 40.9 Å². The fraction of sp³-hybridized carbons (Fsp3) is 0.222. The second-order valence-electron chi connectivity index (χ2n) is 5.45. The molecule has 3 rings (SSSR count). The van der Waals surface area contributed by atoms with E-state index >= 15 is 0 Å². The first kappa shape index (κ1) is 18.4. The van der Waals surface area contributed by atoms with Crippen LogP contribution in [0.25, 0.3) is 0 Å². The number of fused-ring (bicyclic) bond motifs is 1. The van der Waals surface area contributed by atoms with Gasteiger partial charge in [-0.1, -0.05) is 11.6 Å². The lowest BCUT2D eigenvalue weighted by Gasteiger charge is -2.14. The Morgan fingerprint density at radius 3 is 2.73 bits per heavy atom. The molecule has 1 heterocycles. The van der Waals surface area contributed by atoms with Crippen LogP contribution in [-0.4, -0.2) is 31.0 Å². The van der Waals surface area contributed by atoms with E-state index in [1.54, 1.807) is 36.4 Å². The zero-order chi connectivity index (χ0) is 18.7. The topological polar surface area (TPSA) is 73.9 Å². The third-order valence-corrected chi connectivity index (χ3v) is 4.74. The molecule has 0 bridgehead atoms. The molecular weight excluding hydrogens is 378 g/mol. The van der Waals surface area contributed by atoms with Gasteiger partial charge in [0.05, 0.1) is 10.6 Å². The zero-order valence-electron chi connectivity index (χ0n) is 14.1. The van der Waals surface area contributed by atoms with Gasteiger partial charge in [-0.05, 0) is 43.5 Å². The molecule has 0 saturated heterocycles. The van der Waals surface area contributed by atoms with E-state index in [1.165, 1.54) is 18.7 Å². The Labute approximate surface area is 159 Å². The van der Waals surface area contributed by atoms with Crippen LogP contribution < -0.4 is 14.8 Å². The van der Waals surface area contributed by atoms with E-state index in [2.05, 4.69) is 5.32 Å². The molecule has 1 aliphatic rings. The van der Waals surface area contributed by atoms with Crippen molar-refractivity contribution in [2.75, 3.05) is 18.4 Å². The van der Waals surface area contributed by atoms with Gasteiger partial charge in [-0.25, -0.2) is 4.79 Å². The summed E-state index contributed by atoms with van der Waals surface area (Å²) in [6, 6.07) is 10.1. The van der Waals surface area contributed by atoms with Crippen LogP contribution in [0.4, 0.5) is 5.69 Å². The van der Waals surface area contributed by atoms with Crippen molar-refractivity contribution in [1.29, 1.82) is 0 Å². The monoisotopic (exact) mass is 393 g/mol. The number of carbonyl (C=O) groups excluding carboxylic acids is 2. The number of amides is 1. The molecule has 26 heavy (non-hydrogen) atoms. The number of rotatable bonds is 5. The molecule has 6 nitrogen and oxygen atoms in total. The van der Waals surface area contributed by atoms with Gasteiger partial charge in [0.2, 0.25) is 6.79 Å². The highest BCUT2D eigenvalue weighted by molar-refractivity contribution is 7.98. The fourth-order valence-electron chi connectivity index (χ4n) is 2.28. The summed E-state index contributed by atoms with van der Waals surface area (Å²) < 4.78 is 15.7. The molecule has 1 unspecified atom stereocenters. The van der Waals surface area contributed by atoms with Gasteiger partial charge < -0.3 is 19.5 Å². The molecule has 1 N–H and O–H groups in total. The van der Waals surface area contributed by atoms with E-state index in [0.717, 1.165) is 4.90 Å². The minimum atomic E-state index is -0.998. The SMILES string of the molecule is CSc1ccc(Cl)c(C(=O)OC(C)C(=O)Nc2ccc3c(c2)OCO3)c1.